The van der Waals surface area contributed by atoms with E-state index in [4.69, 9.17) is 0 Å². The SMILES string of the molecule is CC(=O)Nc1ccc2c(c1)C=CCC2(O)S(=O)(=O)O. The molecule has 0 saturated heterocycles. The van der Waals surface area contributed by atoms with Gasteiger partial charge in [-0.2, -0.15) is 8.42 Å². The number of rotatable bonds is 2. The van der Waals surface area contributed by atoms with Crippen molar-refractivity contribution in [3.8, 4) is 0 Å². The number of hydrogen-bond acceptors (Lipinski definition) is 4. The molecule has 0 aromatic heterocycles. The quantitative estimate of drug-likeness (QED) is 0.705. The predicted molar refractivity (Wildman–Crippen MR) is 69.8 cm³/mol. The summed E-state index contributed by atoms with van der Waals surface area (Å²) in [5.74, 6) is -0.259. The fourth-order valence-corrected chi connectivity index (χ4v) is 2.81. The predicted octanol–water partition coefficient (Wildman–Crippen LogP) is 1.09. The van der Waals surface area contributed by atoms with Crippen molar-refractivity contribution in [2.75, 3.05) is 5.32 Å². The Morgan fingerprint density at radius 3 is 2.68 bits per heavy atom. The second kappa shape index (κ2) is 4.44. The molecule has 1 unspecified atom stereocenters. The number of aliphatic hydroxyl groups is 1. The van der Waals surface area contributed by atoms with Gasteiger partial charge in [0, 0.05) is 24.6 Å². The van der Waals surface area contributed by atoms with Crippen LogP contribution in [0.15, 0.2) is 24.3 Å². The van der Waals surface area contributed by atoms with Crippen molar-refractivity contribution in [3.05, 3.63) is 35.4 Å². The number of nitrogens with one attached hydrogen (secondary N) is 1. The Kier molecular flexibility index (Phi) is 3.21. The first-order valence-electron chi connectivity index (χ1n) is 5.52. The largest absolute Gasteiger partial charge is 0.369 e. The summed E-state index contributed by atoms with van der Waals surface area (Å²) in [5, 5.41) is 12.7. The molecule has 0 bridgehead atoms. The van der Waals surface area contributed by atoms with Crippen LogP contribution in [-0.2, 0) is 19.8 Å². The number of fused-ring (bicyclic) bond motifs is 1. The molecule has 0 spiro atoms. The molecule has 19 heavy (non-hydrogen) atoms. The lowest BCUT2D eigenvalue weighted by atomic mass is 9.94. The minimum absolute atomic E-state index is 0.0894. The van der Waals surface area contributed by atoms with Gasteiger partial charge in [0.05, 0.1) is 0 Å². The summed E-state index contributed by atoms with van der Waals surface area (Å²) < 4.78 is 31.9. The van der Waals surface area contributed by atoms with Crippen molar-refractivity contribution < 1.29 is 22.9 Å². The Labute approximate surface area is 110 Å². The van der Waals surface area contributed by atoms with Crippen LogP contribution in [0.2, 0.25) is 0 Å². The van der Waals surface area contributed by atoms with Crippen LogP contribution in [0.25, 0.3) is 6.08 Å². The van der Waals surface area contributed by atoms with Gasteiger partial charge in [-0.15, -0.1) is 0 Å². The lowest BCUT2D eigenvalue weighted by Crippen LogP contribution is -2.36. The highest BCUT2D eigenvalue weighted by Crippen LogP contribution is 2.38. The van der Waals surface area contributed by atoms with Gasteiger partial charge >= 0.3 is 0 Å². The second-order valence-corrected chi connectivity index (χ2v) is 5.97. The second-order valence-electron chi connectivity index (χ2n) is 4.35. The number of carbonyl (C=O) groups excluding carboxylic acids is 1. The van der Waals surface area contributed by atoms with Gasteiger partial charge in [0.1, 0.15) is 0 Å². The minimum Gasteiger partial charge on any atom is -0.369 e. The molecule has 1 aliphatic rings. The first-order valence-corrected chi connectivity index (χ1v) is 6.96. The van der Waals surface area contributed by atoms with Crippen LogP contribution in [-0.4, -0.2) is 24.0 Å². The van der Waals surface area contributed by atoms with Crippen LogP contribution < -0.4 is 5.32 Å². The molecule has 1 amide bonds. The van der Waals surface area contributed by atoms with Gasteiger partial charge in [0.15, 0.2) is 0 Å². The van der Waals surface area contributed by atoms with Gasteiger partial charge in [-0.1, -0.05) is 18.2 Å². The number of carbonyl (C=O) groups is 1. The van der Waals surface area contributed by atoms with E-state index >= 15 is 0 Å². The smallest absolute Gasteiger partial charge is 0.299 e. The van der Waals surface area contributed by atoms with Crippen LogP contribution >= 0.6 is 0 Å². The zero-order valence-corrected chi connectivity index (χ0v) is 10.9. The van der Waals surface area contributed by atoms with Crippen molar-refractivity contribution in [1.82, 2.24) is 0 Å². The Bertz CT molecular complexity index is 665. The van der Waals surface area contributed by atoms with Crippen molar-refractivity contribution in [2.24, 2.45) is 0 Å². The molecule has 1 atom stereocenters. The Morgan fingerprint density at radius 2 is 2.11 bits per heavy atom. The van der Waals surface area contributed by atoms with E-state index in [-0.39, 0.29) is 17.9 Å². The molecule has 3 N–H and O–H groups in total. The number of amides is 1. The average Bonchev–Trinajstić information content (AvgIpc) is 2.26. The maximum Gasteiger partial charge on any atom is 0.299 e. The lowest BCUT2D eigenvalue weighted by molar-refractivity contribution is -0.114. The Balaban J connectivity index is 2.54. The van der Waals surface area contributed by atoms with E-state index in [9.17, 15) is 22.9 Å². The standard InChI is InChI=1S/C12H13NO5S/c1-8(14)13-10-4-5-11-9(7-10)3-2-6-12(11,15)19(16,17)18/h2-5,7,15H,6H2,1H3,(H,13,14)(H,16,17,18). The van der Waals surface area contributed by atoms with Gasteiger partial charge < -0.3 is 10.4 Å². The molecule has 1 aromatic rings. The van der Waals surface area contributed by atoms with Crippen molar-refractivity contribution in [1.29, 1.82) is 0 Å². The fourth-order valence-electron chi connectivity index (χ4n) is 2.04. The molecule has 7 heteroatoms. The number of anilines is 1. The van der Waals surface area contributed by atoms with Gasteiger partial charge in [-0.25, -0.2) is 0 Å². The first-order chi connectivity index (χ1) is 8.74. The summed E-state index contributed by atoms with van der Waals surface area (Å²) in [5.41, 5.74) is 1.000. The van der Waals surface area contributed by atoms with Gasteiger partial charge in [-0.3, -0.25) is 9.35 Å². The van der Waals surface area contributed by atoms with Crippen molar-refractivity contribution in [2.45, 2.75) is 18.3 Å². The molecule has 2 rings (SSSR count). The molecule has 0 saturated carbocycles. The summed E-state index contributed by atoms with van der Waals surface area (Å²) in [4.78, 5) is 8.61. The molecule has 1 aliphatic carbocycles. The van der Waals surface area contributed by atoms with Crippen LogP contribution in [0.1, 0.15) is 24.5 Å². The summed E-state index contributed by atoms with van der Waals surface area (Å²) in [6, 6.07) is 4.37. The van der Waals surface area contributed by atoms with Gasteiger partial charge in [0.2, 0.25) is 10.8 Å². The summed E-state index contributed by atoms with van der Waals surface area (Å²) in [6.07, 6.45) is 2.85. The molecule has 0 aliphatic heterocycles. The summed E-state index contributed by atoms with van der Waals surface area (Å²) >= 11 is 0. The summed E-state index contributed by atoms with van der Waals surface area (Å²) in [7, 11) is -4.66. The van der Waals surface area contributed by atoms with Gasteiger partial charge in [-0.05, 0) is 17.7 Å². The van der Waals surface area contributed by atoms with Crippen LogP contribution in [0, 0.1) is 0 Å². The third-order valence-corrected chi connectivity index (χ3v) is 4.15. The van der Waals surface area contributed by atoms with Crippen molar-refractivity contribution in [3.63, 3.8) is 0 Å². The van der Waals surface area contributed by atoms with Crippen LogP contribution in [0.3, 0.4) is 0 Å². The number of hydrogen-bond donors (Lipinski definition) is 3. The van der Waals surface area contributed by atoms with Crippen molar-refractivity contribution >= 4 is 27.8 Å². The first kappa shape index (κ1) is 13.7. The minimum atomic E-state index is -4.66. The van der Waals surface area contributed by atoms with E-state index in [1.54, 1.807) is 6.08 Å². The molecule has 1 aromatic carbocycles. The molecule has 102 valence electrons. The van der Waals surface area contributed by atoms with E-state index in [1.807, 2.05) is 0 Å². The van der Waals surface area contributed by atoms with Crippen LogP contribution in [0.4, 0.5) is 5.69 Å². The van der Waals surface area contributed by atoms with Gasteiger partial charge in [0.25, 0.3) is 10.1 Å². The normalized spacial score (nSPS) is 21.8. The highest BCUT2D eigenvalue weighted by Gasteiger charge is 2.44. The highest BCUT2D eigenvalue weighted by atomic mass is 32.2. The number of benzene rings is 1. The highest BCUT2D eigenvalue weighted by molar-refractivity contribution is 7.86. The van der Waals surface area contributed by atoms with E-state index < -0.39 is 15.1 Å². The average molecular weight is 283 g/mol. The maximum atomic E-state index is 11.3. The fraction of sp³-hybridized carbons (Fsp3) is 0.250. The molecule has 0 heterocycles. The van der Waals surface area contributed by atoms with E-state index in [0.717, 1.165) is 0 Å². The maximum absolute atomic E-state index is 11.3. The third-order valence-electron chi connectivity index (χ3n) is 2.91. The van der Waals surface area contributed by atoms with E-state index in [0.29, 0.717) is 11.3 Å². The molecule has 0 fully saturated rings. The van der Waals surface area contributed by atoms with E-state index in [2.05, 4.69) is 5.32 Å². The summed E-state index contributed by atoms with van der Waals surface area (Å²) in [6.45, 7) is 1.35. The molecule has 6 nitrogen and oxygen atoms in total. The lowest BCUT2D eigenvalue weighted by Gasteiger charge is -2.28. The Morgan fingerprint density at radius 1 is 1.42 bits per heavy atom. The topological polar surface area (TPSA) is 104 Å². The molecule has 0 radical (unpaired) electrons. The third kappa shape index (κ3) is 2.40. The molecular weight excluding hydrogens is 270 g/mol. The van der Waals surface area contributed by atoms with Crippen LogP contribution in [0.5, 0.6) is 0 Å². The van der Waals surface area contributed by atoms with E-state index in [1.165, 1.54) is 31.2 Å². The zero-order chi connectivity index (χ0) is 14.3. The monoisotopic (exact) mass is 283 g/mol. The zero-order valence-electron chi connectivity index (χ0n) is 10.1. The molecular formula is C12H13NO5S. The Hall–Kier alpha value is -1.70.